The molecule has 0 amide bonds. The highest BCUT2D eigenvalue weighted by Gasteiger charge is 2.31. The Bertz CT molecular complexity index is 797. The fraction of sp³-hybridized carbons (Fsp3) is 0.250. The van der Waals surface area contributed by atoms with Gasteiger partial charge in [-0.25, -0.2) is 4.68 Å². The van der Waals surface area contributed by atoms with E-state index in [0.29, 0.717) is 11.9 Å². The molecule has 3 aromatic rings. The molecule has 0 saturated carbocycles. The number of nitrogen functional groups attached to an aromatic ring is 1. The van der Waals surface area contributed by atoms with Crippen molar-refractivity contribution >= 4 is 23.2 Å². The largest absolute Gasteiger partial charge is 0.497 e. The number of benzene rings is 1. The molecule has 0 bridgehead atoms. The summed E-state index contributed by atoms with van der Waals surface area (Å²) in [6, 6.07) is 12.6. The van der Waals surface area contributed by atoms with Gasteiger partial charge >= 0.3 is 0 Å². The minimum Gasteiger partial charge on any atom is -0.497 e. The second-order valence-corrected chi connectivity index (χ2v) is 6.45. The van der Waals surface area contributed by atoms with Crippen LogP contribution in [0.3, 0.4) is 0 Å². The SMILES string of the molecule is COc1ccc([C@H]2C[C@H](c3cccs3)n3nc(N)nc3N2)cc1. The fourth-order valence-corrected chi connectivity index (χ4v) is 3.79. The van der Waals surface area contributed by atoms with Gasteiger partial charge in [0.2, 0.25) is 11.9 Å². The summed E-state index contributed by atoms with van der Waals surface area (Å²) in [6.45, 7) is 0. The van der Waals surface area contributed by atoms with Crippen molar-refractivity contribution in [2.24, 2.45) is 0 Å². The molecule has 1 aliphatic rings. The van der Waals surface area contributed by atoms with Gasteiger partial charge in [0.05, 0.1) is 19.2 Å². The van der Waals surface area contributed by atoms with Gasteiger partial charge in [-0.1, -0.05) is 18.2 Å². The zero-order valence-corrected chi connectivity index (χ0v) is 13.5. The summed E-state index contributed by atoms with van der Waals surface area (Å²) in [4.78, 5) is 5.58. The molecule has 7 heteroatoms. The highest BCUT2D eigenvalue weighted by molar-refractivity contribution is 7.10. The number of nitrogens with one attached hydrogen (secondary N) is 1. The number of aromatic nitrogens is 3. The average molecular weight is 327 g/mol. The molecular weight excluding hydrogens is 310 g/mol. The van der Waals surface area contributed by atoms with Gasteiger partial charge in [-0.3, -0.25) is 0 Å². The van der Waals surface area contributed by atoms with Gasteiger partial charge in [0, 0.05) is 4.88 Å². The number of hydrogen-bond donors (Lipinski definition) is 2. The van der Waals surface area contributed by atoms with Crippen LogP contribution >= 0.6 is 11.3 Å². The zero-order chi connectivity index (χ0) is 15.8. The van der Waals surface area contributed by atoms with Crippen LogP contribution < -0.4 is 15.8 Å². The van der Waals surface area contributed by atoms with Gasteiger partial charge in [-0.2, -0.15) is 4.98 Å². The monoisotopic (exact) mass is 327 g/mol. The lowest BCUT2D eigenvalue weighted by molar-refractivity contribution is 0.413. The summed E-state index contributed by atoms with van der Waals surface area (Å²) in [5.74, 6) is 1.86. The van der Waals surface area contributed by atoms with Gasteiger partial charge in [-0.15, -0.1) is 16.4 Å². The molecule has 1 aromatic carbocycles. The van der Waals surface area contributed by atoms with Crippen molar-refractivity contribution in [3.8, 4) is 5.75 Å². The highest BCUT2D eigenvalue weighted by atomic mass is 32.1. The molecule has 6 nitrogen and oxygen atoms in total. The van der Waals surface area contributed by atoms with Gasteiger partial charge in [0.15, 0.2) is 0 Å². The molecule has 0 saturated heterocycles. The normalized spacial score (nSPS) is 19.9. The number of methoxy groups -OCH3 is 1. The Morgan fingerprint density at radius 1 is 1.30 bits per heavy atom. The molecule has 0 aliphatic carbocycles. The van der Waals surface area contributed by atoms with Crippen LogP contribution in [0, 0.1) is 0 Å². The van der Waals surface area contributed by atoms with Gasteiger partial charge in [0.25, 0.3) is 0 Å². The molecule has 0 spiro atoms. The average Bonchev–Trinajstić information content (AvgIpc) is 3.22. The summed E-state index contributed by atoms with van der Waals surface area (Å²) >= 11 is 1.73. The second kappa shape index (κ2) is 5.58. The van der Waals surface area contributed by atoms with E-state index in [1.807, 2.05) is 16.8 Å². The van der Waals surface area contributed by atoms with E-state index in [1.165, 1.54) is 10.4 Å². The van der Waals surface area contributed by atoms with Crippen LogP contribution in [0.1, 0.15) is 28.9 Å². The van der Waals surface area contributed by atoms with E-state index < -0.39 is 0 Å². The van der Waals surface area contributed by atoms with Crippen LogP contribution in [-0.2, 0) is 0 Å². The number of anilines is 2. The Balaban J connectivity index is 1.71. The molecule has 0 fully saturated rings. The first-order chi connectivity index (χ1) is 11.2. The fourth-order valence-electron chi connectivity index (χ4n) is 2.97. The Morgan fingerprint density at radius 2 is 2.13 bits per heavy atom. The number of nitrogens with two attached hydrogens (primary N) is 1. The van der Waals surface area contributed by atoms with E-state index in [9.17, 15) is 0 Å². The third kappa shape index (κ3) is 2.53. The molecule has 4 rings (SSSR count). The van der Waals surface area contributed by atoms with Crippen LogP contribution in [-0.4, -0.2) is 21.9 Å². The molecular formula is C16H17N5OS. The second-order valence-electron chi connectivity index (χ2n) is 5.48. The van der Waals surface area contributed by atoms with E-state index in [-0.39, 0.29) is 12.1 Å². The van der Waals surface area contributed by atoms with E-state index in [1.54, 1.807) is 18.4 Å². The van der Waals surface area contributed by atoms with Crippen molar-refractivity contribution in [1.82, 2.24) is 14.8 Å². The van der Waals surface area contributed by atoms with E-state index >= 15 is 0 Å². The first-order valence-electron chi connectivity index (χ1n) is 7.40. The van der Waals surface area contributed by atoms with E-state index in [2.05, 4.69) is 45.0 Å². The molecule has 2 atom stereocenters. The number of thiophene rings is 1. The number of rotatable bonds is 3. The van der Waals surface area contributed by atoms with Gasteiger partial charge in [-0.05, 0) is 35.6 Å². The summed E-state index contributed by atoms with van der Waals surface area (Å²) in [5, 5.41) is 9.87. The number of fused-ring (bicyclic) bond motifs is 1. The van der Waals surface area contributed by atoms with E-state index in [4.69, 9.17) is 10.5 Å². The van der Waals surface area contributed by atoms with Crippen molar-refractivity contribution in [1.29, 1.82) is 0 Å². The van der Waals surface area contributed by atoms with Crippen LogP contribution in [0.25, 0.3) is 0 Å². The standard InChI is InChI=1S/C16H17N5OS/c1-22-11-6-4-10(5-7-11)12-9-13(14-3-2-8-23-14)21-16(18-12)19-15(17)20-21/h2-8,12-13H,9H2,1H3,(H3,17,18,19,20)/t12-,13-/m1/s1. The van der Waals surface area contributed by atoms with E-state index in [0.717, 1.165) is 12.2 Å². The zero-order valence-electron chi connectivity index (χ0n) is 12.6. The summed E-state index contributed by atoms with van der Waals surface area (Å²) in [5.41, 5.74) is 6.99. The lowest BCUT2D eigenvalue weighted by Gasteiger charge is -2.31. The maximum atomic E-state index is 5.80. The number of ether oxygens (including phenoxy) is 1. The molecule has 118 valence electrons. The van der Waals surface area contributed by atoms with Crippen molar-refractivity contribution in [3.05, 3.63) is 52.2 Å². The number of nitrogens with zero attached hydrogens (tertiary/aromatic N) is 3. The smallest absolute Gasteiger partial charge is 0.241 e. The Labute approximate surface area is 137 Å². The number of hydrogen-bond acceptors (Lipinski definition) is 6. The first-order valence-corrected chi connectivity index (χ1v) is 8.28. The Kier molecular flexibility index (Phi) is 3.42. The topological polar surface area (TPSA) is 78.0 Å². The molecule has 0 radical (unpaired) electrons. The lowest BCUT2D eigenvalue weighted by atomic mass is 9.97. The molecule has 2 aromatic heterocycles. The summed E-state index contributed by atoms with van der Waals surface area (Å²) in [6.07, 6.45) is 0.892. The Hall–Kier alpha value is -2.54. The highest BCUT2D eigenvalue weighted by Crippen LogP contribution is 2.39. The maximum Gasteiger partial charge on any atom is 0.241 e. The van der Waals surface area contributed by atoms with Crippen molar-refractivity contribution < 1.29 is 4.74 Å². The van der Waals surface area contributed by atoms with Crippen molar-refractivity contribution in [2.45, 2.75) is 18.5 Å². The Morgan fingerprint density at radius 3 is 2.83 bits per heavy atom. The lowest BCUT2D eigenvalue weighted by Crippen LogP contribution is -2.27. The van der Waals surface area contributed by atoms with Gasteiger partial charge < -0.3 is 15.8 Å². The third-order valence-electron chi connectivity index (χ3n) is 4.09. The van der Waals surface area contributed by atoms with Crippen molar-refractivity contribution in [2.75, 3.05) is 18.2 Å². The molecule has 0 unspecified atom stereocenters. The quantitative estimate of drug-likeness (QED) is 0.773. The van der Waals surface area contributed by atoms with Crippen LogP contribution in [0.2, 0.25) is 0 Å². The molecule has 23 heavy (non-hydrogen) atoms. The maximum absolute atomic E-state index is 5.80. The van der Waals surface area contributed by atoms with Gasteiger partial charge in [0.1, 0.15) is 5.75 Å². The predicted octanol–water partition coefficient (Wildman–Crippen LogP) is 3.08. The van der Waals surface area contributed by atoms with Crippen LogP contribution in [0.4, 0.5) is 11.9 Å². The first kappa shape index (κ1) is 14.1. The minimum absolute atomic E-state index is 0.142. The molecule has 3 N–H and O–H groups in total. The molecule has 3 heterocycles. The summed E-state index contributed by atoms with van der Waals surface area (Å²) in [7, 11) is 1.67. The van der Waals surface area contributed by atoms with Crippen LogP contribution in [0.15, 0.2) is 41.8 Å². The molecule has 1 aliphatic heterocycles. The minimum atomic E-state index is 0.142. The predicted molar refractivity (Wildman–Crippen MR) is 90.9 cm³/mol. The third-order valence-corrected chi connectivity index (χ3v) is 5.07. The van der Waals surface area contributed by atoms with Crippen LogP contribution in [0.5, 0.6) is 5.75 Å². The summed E-state index contributed by atoms with van der Waals surface area (Å²) < 4.78 is 7.12. The van der Waals surface area contributed by atoms with Crippen molar-refractivity contribution in [3.63, 3.8) is 0 Å².